The van der Waals surface area contributed by atoms with Crippen molar-refractivity contribution in [2.45, 2.75) is 13.0 Å². The van der Waals surface area contributed by atoms with Gasteiger partial charge in [0, 0.05) is 18.9 Å². The van der Waals surface area contributed by atoms with E-state index in [0.29, 0.717) is 12.4 Å². The van der Waals surface area contributed by atoms with E-state index in [1.165, 1.54) is 0 Å². The van der Waals surface area contributed by atoms with Gasteiger partial charge in [-0.2, -0.15) is 0 Å². The highest BCUT2D eigenvalue weighted by molar-refractivity contribution is 5.29. The van der Waals surface area contributed by atoms with Crippen molar-refractivity contribution in [3.05, 3.63) is 18.6 Å². The van der Waals surface area contributed by atoms with Gasteiger partial charge in [0.2, 0.25) is 0 Å². The lowest BCUT2D eigenvalue weighted by molar-refractivity contribution is 0.208. The summed E-state index contributed by atoms with van der Waals surface area (Å²) in [4.78, 5) is 7.82. The van der Waals surface area contributed by atoms with Crippen molar-refractivity contribution in [2.24, 2.45) is 0 Å². The first-order valence-electron chi connectivity index (χ1n) is 3.47. The van der Waals surface area contributed by atoms with Gasteiger partial charge in [0.1, 0.15) is 5.82 Å². The van der Waals surface area contributed by atoms with Gasteiger partial charge >= 0.3 is 0 Å². The van der Waals surface area contributed by atoms with Crippen LogP contribution in [-0.2, 0) is 0 Å². The highest BCUT2D eigenvalue weighted by Gasteiger charge is 1.94. The number of nitrogens with one attached hydrogen (secondary N) is 1. The highest BCUT2D eigenvalue weighted by atomic mass is 16.3. The predicted octanol–water partition coefficient (Wildman–Crippen LogP) is 0.269. The molecular weight excluding hydrogens is 142 g/mol. The zero-order valence-electron chi connectivity index (χ0n) is 6.36. The second-order valence-electron chi connectivity index (χ2n) is 2.32. The molecular formula is C7H11N3O. The molecule has 4 nitrogen and oxygen atoms in total. The van der Waals surface area contributed by atoms with Crippen LogP contribution in [0.25, 0.3) is 0 Å². The fraction of sp³-hybridized carbons (Fsp3) is 0.429. The Morgan fingerprint density at radius 1 is 1.64 bits per heavy atom. The lowest BCUT2D eigenvalue weighted by Crippen LogP contribution is -2.15. The van der Waals surface area contributed by atoms with Crippen LogP contribution in [0, 0.1) is 0 Å². The summed E-state index contributed by atoms with van der Waals surface area (Å²) in [6.45, 7) is 2.21. The molecule has 1 atom stereocenters. The number of nitrogens with zero attached hydrogens (tertiary/aromatic N) is 2. The Hall–Kier alpha value is -1.16. The maximum Gasteiger partial charge on any atom is 0.144 e. The Kier molecular flexibility index (Phi) is 2.80. The molecule has 0 spiro atoms. The van der Waals surface area contributed by atoms with Gasteiger partial charge in [-0.15, -0.1) is 0 Å². The molecule has 0 saturated carbocycles. The third-order valence-electron chi connectivity index (χ3n) is 1.14. The Balaban J connectivity index is 2.39. The SMILES string of the molecule is C[C@H](O)CNc1cnccn1. The van der Waals surface area contributed by atoms with Gasteiger partial charge in [0.05, 0.1) is 12.3 Å². The van der Waals surface area contributed by atoms with Gasteiger partial charge in [-0.3, -0.25) is 4.98 Å². The minimum atomic E-state index is -0.364. The summed E-state index contributed by atoms with van der Waals surface area (Å²) >= 11 is 0. The summed E-state index contributed by atoms with van der Waals surface area (Å²) in [6, 6.07) is 0. The molecule has 0 unspecified atom stereocenters. The van der Waals surface area contributed by atoms with Crippen LogP contribution in [0.3, 0.4) is 0 Å². The van der Waals surface area contributed by atoms with E-state index in [1.54, 1.807) is 25.5 Å². The summed E-state index contributed by atoms with van der Waals surface area (Å²) in [5, 5.41) is 11.8. The first-order chi connectivity index (χ1) is 5.29. The van der Waals surface area contributed by atoms with E-state index in [9.17, 15) is 0 Å². The van der Waals surface area contributed by atoms with E-state index >= 15 is 0 Å². The summed E-state index contributed by atoms with van der Waals surface area (Å²) in [5.74, 6) is 0.688. The minimum absolute atomic E-state index is 0.364. The molecule has 60 valence electrons. The van der Waals surface area contributed by atoms with Crippen LogP contribution in [-0.4, -0.2) is 27.7 Å². The number of aliphatic hydroxyl groups is 1. The van der Waals surface area contributed by atoms with Crippen LogP contribution < -0.4 is 5.32 Å². The third kappa shape index (κ3) is 2.95. The number of hydrogen-bond donors (Lipinski definition) is 2. The smallest absolute Gasteiger partial charge is 0.144 e. The molecule has 1 aromatic heterocycles. The molecule has 1 rings (SSSR count). The molecule has 0 aromatic carbocycles. The van der Waals surface area contributed by atoms with Crippen molar-refractivity contribution in [2.75, 3.05) is 11.9 Å². The number of hydrogen-bond acceptors (Lipinski definition) is 4. The van der Waals surface area contributed by atoms with Crippen molar-refractivity contribution in [3.8, 4) is 0 Å². The molecule has 0 aliphatic carbocycles. The van der Waals surface area contributed by atoms with E-state index in [2.05, 4.69) is 15.3 Å². The number of aromatic nitrogens is 2. The fourth-order valence-corrected chi connectivity index (χ4v) is 0.643. The van der Waals surface area contributed by atoms with E-state index in [0.717, 1.165) is 0 Å². The molecule has 0 amide bonds. The van der Waals surface area contributed by atoms with Crippen molar-refractivity contribution >= 4 is 5.82 Å². The maximum atomic E-state index is 8.90. The summed E-state index contributed by atoms with van der Waals surface area (Å²) in [6.07, 6.45) is 4.46. The normalized spacial score (nSPS) is 12.5. The van der Waals surface area contributed by atoms with Crippen LogP contribution in [0.4, 0.5) is 5.82 Å². The average Bonchev–Trinajstić information content (AvgIpc) is 2.03. The zero-order chi connectivity index (χ0) is 8.10. The van der Waals surface area contributed by atoms with Gasteiger partial charge in [0.25, 0.3) is 0 Å². The molecule has 0 aliphatic heterocycles. The van der Waals surface area contributed by atoms with Gasteiger partial charge in [0.15, 0.2) is 0 Å². The molecule has 4 heteroatoms. The van der Waals surface area contributed by atoms with E-state index < -0.39 is 0 Å². The first kappa shape index (κ1) is 7.94. The number of aliphatic hydroxyl groups excluding tert-OH is 1. The Morgan fingerprint density at radius 2 is 2.45 bits per heavy atom. The van der Waals surface area contributed by atoms with Crippen LogP contribution in [0.5, 0.6) is 0 Å². The standard InChI is InChI=1S/C7H11N3O/c1-6(11)4-10-7-5-8-2-3-9-7/h2-3,5-6,11H,4H2,1H3,(H,9,10)/t6-/m0/s1. The Bertz CT molecular complexity index is 200. The first-order valence-corrected chi connectivity index (χ1v) is 3.47. The molecule has 0 radical (unpaired) electrons. The van der Waals surface area contributed by atoms with Crippen LogP contribution in [0.2, 0.25) is 0 Å². The van der Waals surface area contributed by atoms with Crippen molar-refractivity contribution < 1.29 is 5.11 Å². The molecule has 2 N–H and O–H groups in total. The highest BCUT2D eigenvalue weighted by Crippen LogP contribution is 1.96. The summed E-state index contributed by atoms with van der Waals surface area (Å²) < 4.78 is 0. The van der Waals surface area contributed by atoms with Crippen LogP contribution in [0.1, 0.15) is 6.92 Å². The molecule has 11 heavy (non-hydrogen) atoms. The van der Waals surface area contributed by atoms with Gasteiger partial charge in [-0.1, -0.05) is 0 Å². The lowest BCUT2D eigenvalue weighted by atomic mass is 10.4. The molecule has 0 aliphatic rings. The molecule has 0 saturated heterocycles. The third-order valence-corrected chi connectivity index (χ3v) is 1.14. The van der Waals surface area contributed by atoms with Gasteiger partial charge in [-0.25, -0.2) is 4.98 Å². The predicted molar refractivity (Wildman–Crippen MR) is 42.2 cm³/mol. The van der Waals surface area contributed by atoms with E-state index in [4.69, 9.17) is 5.11 Å². The quantitative estimate of drug-likeness (QED) is 0.654. The van der Waals surface area contributed by atoms with Crippen molar-refractivity contribution in [1.82, 2.24) is 9.97 Å². The molecule has 1 heterocycles. The zero-order valence-corrected chi connectivity index (χ0v) is 6.36. The average molecular weight is 153 g/mol. The van der Waals surface area contributed by atoms with Gasteiger partial charge in [-0.05, 0) is 6.92 Å². The number of anilines is 1. The summed E-state index contributed by atoms with van der Waals surface area (Å²) in [5.41, 5.74) is 0. The molecule has 1 aromatic rings. The summed E-state index contributed by atoms with van der Waals surface area (Å²) in [7, 11) is 0. The Labute approximate surface area is 65.3 Å². The van der Waals surface area contributed by atoms with E-state index in [1.807, 2.05) is 0 Å². The molecule has 0 fully saturated rings. The van der Waals surface area contributed by atoms with Crippen molar-refractivity contribution in [3.63, 3.8) is 0 Å². The maximum absolute atomic E-state index is 8.90. The minimum Gasteiger partial charge on any atom is -0.392 e. The second-order valence-corrected chi connectivity index (χ2v) is 2.32. The fourth-order valence-electron chi connectivity index (χ4n) is 0.643. The van der Waals surface area contributed by atoms with Crippen LogP contribution >= 0.6 is 0 Å². The Morgan fingerprint density at radius 3 is 3.00 bits per heavy atom. The van der Waals surface area contributed by atoms with E-state index in [-0.39, 0.29) is 6.10 Å². The lowest BCUT2D eigenvalue weighted by Gasteiger charge is -2.05. The topological polar surface area (TPSA) is 58.0 Å². The number of rotatable bonds is 3. The second kappa shape index (κ2) is 3.88. The largest absolute Gasteiger partial charge is 0.392 e. The van der Waals surface area contributed by atoms with Crippen LogP contribution in [0.15, 0.2) is 18.6 Å². The molecule has 0 bridgehead atoms. The monoisotopic (exact) mass is 153 g/mol. The van der Waals surface area contributed by atoms with Gasteiger partial charge < -0.3 is 10.4 Å². The van der Waals surface area contributed by atoms with Crippen molar-refractivity contribution in [1.29, 1.82) is 0 Å².